The van der Waals surface area contributed by atoms with E-state index < -0.39 is 0 Å². The van der Waals surface area contributed by atoms with E-state index in [0.29, 0.717) is 30.3 Å². The van der Waals surface area contributed by atoms with Crippen LogP contribution in [0.2, 0.25) is 0 Å². The van der Waals surface area contributed by atoms with Gasteiger partial charge in [0.15, 0.2) is 0 Å². The molecule has 5 heteroatoms. The minimum Gasteiger partial charge on any atom is -0.361 e. The zero-order valence-electron chi connectivity index (χ0n) is 12.7. The summed E-state index contributed by atoms with van der Waals surface area (Å²) in [4.78, 5) is 14.6. The molecular weight excluding hydrogens is 254 g/mol. The highest BCUT2D eigenvalue weighted by molar-refractivity contribution is 5.96. The molecule has 2 heterocycles. The molecule has 0 aromatic carbocycles. The number of carbonyl (C=O) groups excluding carboxylic acids is 1. The molecule has 1 aliphatic heterocycles. The molecule has 1 saturated heterocycles. The van der Waals surface area contributed by atoms with Crippen LogP contribution in [0.1, 0.15) is 54.9 Å². The van der Waals surface area contributed by atoms with Gasteiger partial charge in [-0.25, -0.2) is 0 Å². The Bertz CT molecular complexity index is 456. The SMILES string of the molecule is CCc1noc(C)c1C(=O)NCCN1CCCC[C@H]1C. The fraction of sp³-hybridized carbons (Fsp3) is 0.733. The molecule has 112 valence electrons. The number of rotatable bonds is 5. The number of nitrogens with one attached hydrogen (secondary N) is 1. The first-order chi connectivity index (χ1) is 9.63. The van der Waals surface area contributed by atoms with Gasteiger partial charge in [0.05, 0.1) is 5.69 Å². The van der Waals surface area contributed by atoms with E-state index >= 15 is 0 Å². The first-order valence-electron chi connectivity index (χ1n) is 7.60. The van der Waals surface area contributed by atoms with Crippen LogP contribution in [0.3, 0.4) is 0 Å². The van der Waals surface area contributed by atoms with Gasteiger partial charge in [0.1, 0.15) is 11.3 Å². The number of carbonyl (C=O) groups is 1. The molecule has 0 saturated carbocycles. The first-order valence-corrected chi connectivity index (χ1v) is 7.60. The number of aryl methyl sites for hydroxylation is 2. The van der Waals surface area contributed by atoms with Gasteiger partial charge in [0.2, 0.25) is 0 Å². The number of likely N-dealkylation sites (tertiary alicyclic amines) is 1. The minimum atomic E-state index is -0.0646. The quantitative estimate of drug-likeness (QED) is 0.897. The van der Waals surface area contributed by atoms with Crippen LogP contribution < -0.4 is 5.32 Å². The van der Waals surface area contributed by atoms with Crippen molar-refractivity contribution in [2.24, 2.45) is 0 Å². The second-order valence-corrected chi connectivity index (χ2v) is 5.55. The van der Waals surface area contributed by atoms with E-state index in [1.165, 1.54) is 19.3 Å². The lowest BCUT2D eigenvalue weighted by Crippen LogP contribution is -2.42. The van der Waals surface area contributed by atoms with Gasteiger partial charge in [-0.1, -0.05) is 18.5 Å². The molecule has 1 fully saturated rings. The zero-order chi connectivity index (χ0) is 14.5. The largest absolute Gasteiger partial charge is 0.361 e. The molecule has 5 nitrogen and oxygen atoms in total. The van der Waals surface area contributed by atoms with Crippen LogP contribution in [0.25, 0.3) is 0 Å². The average molecular weight is 279 g/mol. The fourth-order valence-electron chi connectivity index (χ4n) is 2.84. The summed E-state index contributed by atoms with van der Waals surface area (Å²) in [6.45, 7) is 8.76. The summed E-state index contributed by atoms with van der Waals surface area (Å²) in [7, 11) is 0. The Hall–Kier alpha value is -1.36. The third kappa shape index (κ3) is 3.39. The highest BCUT2D eigenvalue weighted by atomic mass is 16.5. The topological polar surface area (TPSA) is 58.4 Å². The van der Waals surface area contributed by atoms with E-state index in [1.807, 2.05) is 6.92 Å². The third-order valence-corrected chi connectivity index (χ3v) is 4.12. The molecule has 1 atom stereocenters. The fourth-order valence-corrected chi connectivity index (χ4v) is 2.84. The molecule has 20 heavy (non-hydrogen) atoms. The average Bonchev–Trinajstić information content (AvgIpc) is 2.82. The summed E-state index contributed by atoms with van der Waals surface area (Å²) >= 11 is 0. The van der Waals surface area contributed by atoms with Crippen LogP contribution in [0.5, 0.6) is 0 Å². The Morgan fingerprint density at radius 2 is 2.30 bits per heavy atom. The Labute approximate surface area is 120 Å². The standard InChI is InChI=1S/C15H25N3O2/c1-4-13-14(12(3)20-17-13)15(19)16-8-10-18-9-6-5-7-11(18)2/h11H,4-10H2,1-3H3,(H,16,19)/t11-/m1/s1. The van der Waals surface area contributed by atoms with Crippen molar-refractivity contribution < 1.29 is 9.32 Å². The van der Waals surface area contributed by atoms with Crippen molar-refractivity contribution in [3.05, 3.63) is 17.0 Å². The highest BCUT2D eigenvalue weighted by Crippen LogP contribution is 2.16. The van der Waals surface area contributed by atoms with E-state index in [2.05, 4.69) is 22.3 Å². The second-order valence-electron chi connectivity index (χ2n) is 5.55. The van der Waals surface area contributed by atoms with Crippen LogP contribution >= 0.6 is 0 Å². The Morgan fingerprint density at radius 1 is 1.50 bits per heavy atom. The summed E-state index contributed by atoms with van der Waals surface area (Å²) in [6.07, 6.45) is 4.56. The van der Waals surface area contributed by atoms with E-state index in [-0.39, 0.29) is 5.91 Å². The number of piperidine rings is 1. The van der Waals surface area contributed by atoms with Crippen molar-refractivity contribution >= 4 is 5.91 Å². The highest BCUT2D eigenvalue weighted by Gasteiger charge is 2.20. The zero-order valence-corrected chi connectivity index (χ0v) is 12.7. The molecule has 1 aromatic heterocycles. The van der Waals surface area contributed by atoms with E-state index in [1.54, 1.807) is 6.92 Å². The summed E-state index contributed by atoms with van der Waals surface area (Å²) in [5, 5.41) is 6.91. The lowest BCUT2D eigenvalue weighted by Gasteiger charge is -2.33. The molecule has 1 amide bonds. The second kappa shape index (κ2) is 6.88. The number of aromatic nitrogens is 1. The molecule has 0 aliphatic carbocycles. The summed E-state index contributed by atoms with van der Waals surface area (Å²) in [5.41, 5.74) is 1.35. The summed E-state index contributed by atoms with van der Waals surface area (Å²) in [6, 6.07) is 0.629. The van der Waals surface area contributed by atoms with Gasteiger partial charge in [0, 0.05) is 19.1 Å². The summed E-state index contributed by atoms with van der Waals surface area (Å²) in [5.74, 6) is 0.538. The van der Waals surface area contributed by atoms with Gasteiger partial charge < -0.3 is 9.84 Å². The lowest BCUT2D eigenvalue weighted by atomic mass is 10.0. The maximum atomic E-state index is 12.2. The predicted octanol–water partition coefficient (Wildman–Crippen LogP) is 2.15. The maximum Gasteiger partial charge on any atom is 0.256 e. The predicted molar refractivity (Wildman–Crippen MR) is 77.8 cm³/mol. The van der Waals surface area contributed by atoms with Crippen molar-refractivity contribution in [2.75, 3.05) is 19.6 Å². The molecular formula is C15H25N3O2. The lowest BCUT2D eigenvalue weighted by molar-refractivity contribution is 0.0936. The number of hydrogen-bond acceptors (Lipinski definition) is 4. The van der Waals surface area contributed by atoms with E-state index in [0.717, 1.165) is 18.8 Å². The number of hydrogen-bond donors (Lipinski definition) is 1. The van der Waals surface area contributed by atoms with Gasteiger partial charge in [-0.05, 0) is 39.7 Å². The van der Waals surface area contributed by atoms with Gasteiger partial charge in [0.25, 0.3) is 5.91 Å². The monoisotopic (exact) mass is 279 g/mol. The molecule has 0 unspecified atom stereocenters. The molecule has 2 rings (SSSR count). The number of nitrogens with zero attached hydrogens (tertiary/aromatic N) is 2. The maximum absolute atomic E-state index is 12.2. The van der Waals surface area contributed by atoms with Crippen LogP contribution in [0.4, 0.5) is 0 Å². The molecule has 1 aromatic rings. The van der Waals surface area contributed by atoms with Crippen LogP contribution in [-0.2, 0) is 6.42 Å². The molecule has 1 aliphatic rings. The smallest absolute Gasteiger partial charge is 0.256 e. The number of amides is 1. The van der Waals surface area contributed by atoms with Gasteiger partial charge >= 0.3 is 0 Å². The van der Waals surface area contributed by atoms with Crippen LogP contribution in [-0.4, -0.2) is 41.6 Å². The Balaban J connectivity index is 1.84. The Kier molecular flexibility index (Phi) is 5.17. The van der Waals surface area contributed by atoms with Crippen molar-refractivity contribution in [2.45, 2.75) is 52.5 Å². The van der Waals surface area contributed by atoms with Gasteiger partial charge in [-0.2, -0.15) is 0 Å². The molecule has 0 bridgehead atoms. The molecule has 0 spiro atoms. The van der Waals surface area contributed by atoms with Crippen molar-refractivity contribution in [1.29, 1.82) is 0 Å². The summed E-state index contributed by atoms with van der Waals surface area (Å²) < 4.78 is 5.10. The third-order valence-electron chi connectivity index (χ3n) is 4.12. The van der Waals surface area contributed by atoms with Crippen molar-refractivity contribution in [3.63, 3.8) is 0 Å². The molecule has 1 N–H and O–H groups in total. The Morgan fingerprint density at radius 3 is 3.00 bits per heavy atom. The van der Waals surface area contributed by atoms with Crippen LogP contribution in [0, 0.1) is 6.92 Å². The van der Waals surface area contributed by atoms with E-state index in [4.69, 9.17) is 4.52 Å². The van der Waals surface area contributed by atoms with Crippen LogP contribution in [0.15, 0.2) is 4.52 Å². The van der Waals surface area contributed by atoms with Crippen molar-refractivity contribution in [1.82, 2.24) is 15.4 Å². The van der Waals surface area contributed by atoms with E-state index in [9.17, 15) is 4.79 Å². The normalized spacial score (nSPS) is 20.1. The van der Waals surface area contributed by atoms with Crippen molar-refractivity contribution in [3.8, 4) is 0 Å². The molecule has 0 radical (unpaired) electrons. The first kappa shape index (κ1) is 15.0. The van der Waals surface area contributed by atoms with Gasteiger partial charge in [-0.3, -0.25) is 9.69 Å². The van der Waals surface area contributed by atoms with Gasteiger partial charge in [-0.15, -0.1) is 0 Å². The minimum absolute atomic E-state index is 0.0646.